The summed E-state index contributed by atoms with van der Waals surface area (Å²) in [5, 5.41) is 0. The zero-order valence-corrected chi connectivity index (χ0v) is 10.5. The van der Waals surface area contributed by atoms with Gasteiger partial charge in [0.15, 0.2) is 0 Å². The van der Waals surface area contributed by atoms with Gasteiger partial charge in [-0.3, -0.25) is 19.5 Å². The van der Waals surface area contributed by atoms with Crippen LogP contribution < -0.4 is 0 Å². The number of carbonyl (C=O) groups is 2. The van der Waals surface area contributed by atoms with Gasteiger partial charge in [-0.15, -0.1) is 0 Å². The predicted octanol–water partition coefficient (Wildman–Crippen LogP) is 2.04. The maximum Gasteiger partial charge on any atom is 0.253 e. The fourth-order valence-electron chi connectivity index (χ4n) is 1.42. The van der Waals surface area contributed by atoms with Crippen LogP contribution in [0.5, 0.6) is 0 Å². The van der Waals surface area contributed by atoms with Gasteiger partial charge in [-0.25, -0.2) is 0 Å². The Hall–Kier alpha value is -2.23. The van der Waals surface area contributed by atoms with Crippen molar-refractivity contribution >= 4 is 17.9 Å². The average Bonchev–Trinajstić information content (AvgIpc) is 2.71. The third-order valence-electron chi connectivity index (χ3n) is 2.26. The van der Waals surface area contributed by atoms with Gasteiger partial charge in [-0.1, -0.05) is 12.6 Å². The molecule has 0 atom stereocenters. The van der Waals surface area contributed by atoms with Crippen molar-refractivity contribution in [1.29, 1.82) is 0 Å². The van der Waals surface area contributed by atoms with Crippen LogP contribution in [0, 0.1) is 0 Å². The van der Waals surface area contributed by atoms with E-state index in [1.165, 1.54) is 17.1 Å². The van der Waals surface area contributed by atoms with E-state index in [9.17, 15) is 9.59 Å². The summed E-state index contributed by atoms with van der Waals surface area (Å²) in [5.41, 5.74) is 0.924. The van der Waals surface area contributed by atoms with Crippen LogP contribution in [0.4, 0.5) is 0 Å². The minimum Gasteiger partial charge on any atom is -0.273 e. The zero-order chi connectivity index (χ0) is 13.5. The Morgan fingerprint density at radius 3 is 2.11 bits per heavy atom. The number of rotatable bonds is 2. The van der Waals surface area contributed by atoms with E-state index in [2.05, 4.69) is 11.6 Å². The van der Waals surface area contributed by atoms with Gasteiger partial charge < -0.3 is 0 Å². The first-order valence-corrected chi connectivity index (χ1v) is 5.65. The summed E-state index contributed by atoms with van der Waals surface area (Å²) in [7, 11) is 0. The number of amides is 2. The third kappa shape index (κ3) is 3.66. The maximum atomic E-state index is 10.8. The Bertz CT molecular complexity index is 446. The highest BCUT2D eigenvalue weighted by molar-refractivity contribution is 6.13. The van der Waals surface area contributed by atoms with E-state index < -0.39 is 0 Å². The molecule has 2 amide bonds. The fourth-order valence-corrected chi connectivity index (χ4v) is 1.42. The minimum absolute atomic E-state index is 0.0324. The molecule has 0 unspecified atom stereocenters. The van der Waals surface area contributed by atoms with Crippen molar-refractivity contribution < 1.29 is 9.59 Å². The number of pyridine rings is 1. The molecule has 4 nitrogen and oxygen atoms in total. The average molecular weight is 244 g/mol. The Morgan fingerprint density at radius 1 is 1.22 bits per heavy atom. The second kappa shape index (κ2) is 6.49. The summed E-state index contributed by atoms with van der Waals surface area (Å²) in [5.74, 6) is -0.417. The molecule has 4 heteroatoms. The summed E-state index contributed by atoms with van der Waals surface area (Å²) in [4.78, 5) is 26.9. The van der Waals surface area contributed by atoms with E-state index in [0.717, 1.165) is 5.69 Å². The van der Waals surface area contributed by atoms with Crippen LogP contribution in [0.1, 0.15) is 19.5 Å². The molecule has 0 spiro atoms. The van der Waals surface area contributed by atoms with Crippen molar-refractivity contribution in [2.45, 2.75) is 19.9 Å². The van der Waals surface area contributed by atoms with Crippen molar-refractivity contribution in [1.82, 2.24) is 9.88 Å². The molecule has 2 heterocycles. The summed E-state index contributed by atoms with van der Waals surface area (Å²) in [6, 6.07) is 5.69. The van der Waals surface area contributed by atoms with Crippen LogP contribution in [-0.2, 0) is 9.59 Å². The van der Waals surface area contributed by atoms with Gasteiger partial charge >= 0.3 is 0 Å². The molecular weight excluding hydrogens is 228 g/mol. The van der Waals surface area contributed by atoms with Crippen molar-refractivity contribution in [3.8, 4) is 0 Å². The minimum atomic E-state index is -0.208. The molecule has 0 N–H and O–H groups in total. The molecule has 0 saturated carbocycles. The van der Waals surface area contributed by atoms with Gasteiger partial charge in [-0.05, 0) is 32.1 Å². The molecule has 0 aromatic carbocycles. The lowest BCUT2D eigenvalue weighted by Gasteiger charge is -2.17. The van der Waals surface area contributed by atoms with Crippen LogP contribution in [0.25, 0.3) is 6.08 Å². The van der Waals surface area contributed by atoms with Gasteiger partial charge in [0.2, 0.25) is 0 Å². The third-order valence-corrected chi connectivity index (χ3v) is 2.26. The largest absolute Gasteiger partial charge is 0.273 e. The Kier molecular flexibility index (Phi) is 4.99. The smallest absolute Gasteiger partial charge is 0.253 e. The van der Waals surface area contributed by atoms with Gasteiger partial charge in [0.1, 0.15) is 0 Å². The fraction of sp³-hybridized carbons (Fsp3) is 0.214. The highest BCUT2D eigenvalue weighted by atomic mass is 16.2. The van der Waals surface area contributed by atoms with E-state index in [4.69, 9.17) is 0 Å². The number of aromatic nitrogens is 1. The molecule has 0 aliphatic carbocycles. The first-order valence-electron chi connectivity index (χ1n) is 5.65. The summed E-state index contributed by atoms with van der Waals surface area (Å²) >= 11 is 0. The number of imide groups is 1. The Morgan fingerprint density at radius 2 is 1.83 bits per heavy atom. The Balaban J connectivity index is 0.000000184. The quantitative estimate of drug-likeness (QED) is 0.748. The molecule has 1 aliphatic heterocycles. The molecule has 1 aliphatic rings. The lowest BCUT2D eigenvalue weighted by atomic mass is 10.3. The highest BCUT2D eigenvalue weighted by Crippen LogP contribution is 2.07. The van der Waals surface area contributed by atoms with Crippen molar-refractivity contribution in [2.24, 2.45) is 0 Å². The molecule has 0 fully saturated rings. The normalized spacial score (nSPS) is 13.6. The first-order chi connectivity index (χ1) is 8.56. The van der Waals surface area contributed by atoms with Gasteiger partial charge in [-0.2, -0.15) is 0 Å². The van der Waals surface area contributed by atoms with E-state index in [1.807, 2.05) is 32.0 Å². The lowest BCUT2D eigenvalue weighted by molar-refractivity contribution is -0.138. The molecular formula is C14H16N2O2. The SMILES string of the molecule is C=Cc1ccccn1.CC(C)N1C(=O)C=CC1=O. The van der Waals surface area contributed by atoms with Crippen molar-refractivity contribution in [2.75, 3.05) is 0 Å². The molecule has 1 aromatic heterocycles. The monoisotopic (exact) mass is 244 g/mol. The van der Waals surface area contributed by atoms with E-state index in [0.29, 0.717) is 0 Å². The van der Waals surface area contributed by atoms with Crippen LogP contribution in [0.2, 0.25) is 0 Å². The standard InChI is InChI=1S/C7H9NO2.C7H7N/c1-5(2)8-6(9)3-4-7(8)10;1-2-7-5-3-4-6-8-7/h3-5H,1-2H3;2-6H,1H2. The number of hydrogen-bond acceptors (Lipinski definition) is 3. The highest BCUT2D eigenvalue weighted by Gasteiger charge is 2.25. The van der Waals surface area contributed by atoms with Gasteiger partial charge in [0.25, 0.3) is 11.8 Å². The predicted molar refractivity (Wildman–Crippen MR) is 70.5 cm³/mol. The maximum absolute atomic E-state index is 10.8. The summed E-state index contributed by atoms with van der Waals surface area (Å²) in [6.07, 6.45) is 6.06. The van der Waals surface area contributed by atoms with Crippen LogP contribution in [0.3, 0.4) is 0 Å². The molecule has 94 valence electrons. The Labute approximate surface area is 107 Å². The lowest BCUT2D eigenvalue weighted by Crippen LogP contribution is -2.36. The van der Waals surface area contributed by atoms with Crippen molar-refractivity contribution in [3.63, 3.8) is 0 Å². The van der Waals surface area contributed by atoms with Crippen LogP contribution in [-0.4, -0.2) is 27.7 Å². The molecule has 1 aromatic rings. The van der Waals surface area contributed by atoms with Gasteiger partial charge in [0.05, 0.1) is 5.69 Å². The topological polar surface area (TPSA) is 50.3 Å². The molecule has 0 bridgehead atoms. The first kappa shape index (κ1) is 13.8. The molecule has 0 saturated heterocycles. The van der Waals surface area contributed by atoms with Crippen LogP contribution >= 0.6 is 0 Å². The zero-order valence-electron chi connectivity index (χ0n) is 10.5. The van der Waals surface area contributed by atoms with E-state index in [-0.39, 0.29) is 17.9 Å². The molecule has 2 rings (SSSR count). The van der Waals surface area contributed by atoms with Gasteiger partial charge in [0, 0.05) is 24.4 Å². The molecule has 0 radical (unpaired) electrons. The van der Waals surface area contributed by atoms with E-state index in [1.54, 1.807) is 12.3 Å². The summed E-state index contributed by atoms with van der Waals surface area (Å²) < 4.78 is 0. The second-order valence-electron chi connectivity index (χ2n) is 3.93. The van der Waals surface area contributed by atoms with Crippen LogP contribution in [0.15, 0.2) is 43.1 Å². The summed E-state index contributed by atoms with van der Waals surface area (Å²) in [6.45, 7) is 7.19. The van der Waals surface area contributed by atoms with Crippen molar-refractivity contribution in [3.05, 3.63) is 48.8 Å². The molecule has 18 heavy (non-hydrogen) atoms. The van der Waals surface area contributed by atoms with E-state index >= 15 is 0 Å². The second-order valence-corrected chi connectivity index (χ2v) is 3.93. The number of hydrogen-bond donors (Lipinski definition) is 0. The number of carbonyl (C=O) groups excluding carboxylic acids is 2. The number of nitrogens with zero attached hydrogens (tertiary/aromatic N) is 2.